The summed E-state index contributed by atoms with van der Waals surface area (Å²) < 4.78 is 7.43. The number of ketones is 1. The number of tetrazole rings is 1. The third-order valence-electron chi connectivity index (χ3n) is 4.24. The van der Waals surface area contributed by atoms with Crippen LogP contribution in [0.25, 0.3) is 0 Å². The molecule has 118 valence electrons. The summed E-state index contributed by atoms with van der Waals surface area (Å²) >= 11 is 0. The number of nitrogens with one attached hydrogen (secondary N) is 1. The van der Waals surface area contributed by atoms with Crippen LogP contribution in [-0.2, 0) is 4.79 Å². The van der Waals surface area contributed by atoms with Gasteiger partial charge in [0, 0.05) is 23.3 Å². The first kappa shape index (κ1) is 13.9. The molecule has 0 spiro atoms. The molecule has 0 amide bonds. The van der Waals surface area contributed by atoms with Gasteiger partial charge in [0.1, 0.15) is 11.8 Å². The number of para-hydroxylation sites is 1. The number of hydrogen-bond acceptors (Lipinski definition) is 6. The van der Waals surface area contributed by atoms with E-state index in [0.29, 0.717) is 19.0 Å². The number of carbonyl (C=O) groups excluding carboxylic acids is 1. The number of anilines is 1. The van der Waals surface area contributed by atoms with E-state index < -0.39 is 0 Å². The van der Waals surface area contributed by atoms with Crippen LogP contribution in [0.1, 0.15) is 37.8 Å². The Morgan fingerprint density at radius 3 is 3.09 bits per heavy atom. The third-order valence-corrected chi connectivity index (χ3v) is 4.24. The van der Waals surface area contributed by atoms with E-state index >= 15 is 0 Å². The lowest BCUT2D eigenvalue weighted by atomic mass is 9.85. The van der Waals surface area contributed by atoms with Crippen molar-refractivity contribution in [3.05, 3.63) is 41.1 Å². The second-order valence-corrected chi connectivity index (χ2v) is 5.61. The Hall–Kier alpha value is -2.70. The van der Waals surface area contributed by atoms with Crippen molar-refractivity contribution in [1.82, 2.24) is 20.2 Å². The van der Waals surface area contributed by atoms with Crippen molar-refractivity contribution in [3.8, 4) is 5.75 Å². The van der Waals surface area contributed by atoms with E-state index in [0.717, 1.165) is 35.4 Å². The van der Waals surface area contributed by atoms with Crippen LogP contribution >= 0.6 is 0 Å². The minimum Gasteiger partial charge on any atom is -0.494 e. The molecule has 2 heterocycles. The van der Waals surface area contributed by atoms with Gasteiger partial charge in [0.05, 0.1) is 6.61 Å². The van der Waals surface area contributed by atoms with E-state index in [1.807, 2.05) is 31.2 Å². The molecule has 2 aromatic rings. The lowest BCUT2D eigenvalue weighted by molar-refractivity contribution is -0.116. The SMILES string of the molecule is CCOc1ccccc1C1C2=C(CCCC2=O)Nc2nnnn21. The van der Waals surface area contributed by atoms with Crippen molar-refractivity contribution in [1.29, 1.82) is 0 Å². The van der Waals surface area contributed by atoms with Crippen molar-refractivity contribution in [3.63, 3.8) is 0 Å². The predicted octanol–water partition coefficient (Wildman–Crippen LogP) is 2.09. The van der Waals surface area contributed by atoms with Gasteiger partial charge >= 0.3 is 0 Å². The standard InChI is InChI=1S/C16H17N5O2/c1-2-23-13-9-4-3-6-10(13)15-14-11(7-5-8-12(14)22)17-16-18-19-20-21(15)16/h3-4,6,9,15H,2,5,7-8H2,1H3,(H,17,18,20). The van der Waals surface area contributed by atoms with Gasteiger partial charge in [-0.15, -0.1) is 0 Å². The molecule has 0 radical (unpaired) electrons. The number of aromatic nitrogens is 4. The molecule has 0 fully saturated rings. The summed E-state index contributed by atoms with van der Waals surface area (Å²) in [5.74, 6) is 1.47. The number of nitrogens with zero attached hydrogens (tertiary/aromatic N) is 4. The molecule has 0 saturated carbocycles. The number of allylic oxidation sites excluding steroid dienone is 2. The first-order valence-corrected chi connectivity index (χ1v) is 7.82. The van der Waals surface area contributed by atoms with E-state index in [4.69, 9.17) is 4.74 Å². The van der Waals surface area contributed by atoms with Crippen LogP contribution in [0.5, 0.6) is 5.75 Å². The molecule has 7 heteroatoms. The van der Waals surface area contributed by atoms with Crippen LogP contribution in [0.2, 0.25) is 0 Å². The Morgan fingerprint density at radius 1 is 1.35 bits per heavy atom. The van der Waals surface area contributed by atoms with Crippen LogP contribution in [0.3, 0.4) is 0 Å². The summed E-state index contributed by atoms with van der Waals surface area (Å²) in [7, 11) is 0. The summed E-state index contributed by atoms with van der Waals surface area (Å²) in [5, 5.41) is 15.1. The lowest BCUT2D eigenvalue weighted by Gasteiger charge is -2.32. The molecule has 1 aliphatic carbocycles. The second kappa shape index (κ2) is 5.49. The molecule has 23 heavy (non-hydrogen) atoms. The summed E-state index contributed by atoms with van der Waals surface area (Å²) in [6, 6.07) is 7.41. The van der Waals surface area contributed by atoms with Crippen molar-refractivity contribution >= 4 is 11.7 Å². The van der Waals surface area contributed by atoms with E-state index in [9.17, 15) is 4.79 Å². The molecule has 0 saturated heterocycles. The minimum absolute atomic E-state index is 0.149. The van der Waals surface area contributed by atoms with E-state index in [-0.39, 0.29) is 11.8 Å². The summed E-state index contributed by atoms with van der Waals surface area (Å²) in [4.78, 5) is 12.6. The zero-order valence-corrected chi connectivity index (χ0v) is 12.8. The Balaban J connectivity index is 1.91. The van der Waals surface area contributed by atoms with Gasteiger partial charge in [-0.3, -0.25) is 4.79 Å². The average Bonchev–Trinajstić information content (AvgIpc) is 3.02. The van der Waals surface area contributed by atoms with Crippen LogP contribution in [0.15, 0.2) is 35.5 Å². The third kappa shape index (κ3) is 2.19. The molecule has 2 aliphatic rings. The van der Waals surface area contributed by atoms with Crippen molar-refractivity contribution in [2.75, 3.05) is 11.9 Å². The van der Waals surface area contributed by atoms with Crippen molar-refractivity contribution in [2.24, 2.45) is 0 Å². The monoisotopic (exact) mass is 311 g/mol. The number of hydrogen-bond donors (Lipinski definition) is 1. The van der Waals surface area contributed by atoms with Crippen LogP contribution in [0, 0.1) is 0 Å². The maximum Gasteiger partial charge on any atom is 0.248 e. The van der Waals surface area contributed by atoms with Gasteiger partial charge in [0.2, 0.25) is 5.95 Å². The van der Waals surface area contributed by atoms with Crippen LogP contribution in [-0.4, -0.2) is 32.6 Å². The fraction of sp³-hybridized carbons (Fsp3) is 0.375. The lowest BCUT2D eigenvalue weighted by Crippen LogP contribution is -2.31. The number of benzene rings is 1. The predicted molar refractivity (Wildman–Crippen MR) is 83.1 cm³/mol. The van der Waals surface area contributed by atoms with Crippen LogP contribution < -0.4 is 10.1 Å². The number of ether oxygens (including phenoxy) is 1. The highest BCUT2D eigenvalue weighted by molar-refractivity contribution is 5.99. The molecule has 4 rings (SSSR count). The van der Waals surface area contributed by atoms with E-state index in [1.54, 1.807) is 4.68 Å². The van der Waals surface area contributed by atoms with Gasteiger partial charge in [-0.1, -0.05) is 23.3 Å². The maximum absolute atomic E-state index is 12.6. The topological polar surface area (TPSA) is 81.9 Å². The Labute approximate surface area is 133 Å². The largest absolute Gasteiger partial charge is 0.494 e. The minimum atomic E-state index is -0.341. The molecule has 1 aromatic heterocycles. The van der Waals surface area contributed by atoms with Gasteiger partial charge in [-0.2, -0.15) is 4.68 Å². The Kier molecular flexibility index (Phi) is 3.33. The molecule has 0 bridgehead atoms. The average molecular weight is 311 g/mol. The fourth-order valence-electron chi connectivity index (χ4n) is 3.30. The van der Waals surface area contributed by atoms with Crippen molar-refractivity contribution < 1.29 is 9.53 Å². The Bertz CT molecular complexity index is 795. The number of Topliss-reactive ketones (excluding diaryl/α,β-unsaturated/α-hetero) is 1. The normalized spacial score (nSPS) is 19.9. The molecule has 7 nitrogen and oxygen atoms in total. The first-order chi connectivity index (χ1) is 11.3. The molecular formula is C16H17N5O2. The summed E-state index contributed by atoms with van der Waals surface area (Å²) in [5.41, 5.74) is 2.59. The molecular weight excluding hydrogens is 294 g/mol. The van der Waals surface area contributed by atoms with Gasteiger partial charge < -0.3 is 10.1 Å². The highest BCUT2D eigenvalue weighted by atomic mass is 16.5. The summed E-state index contributed by atoms with van der Waals surface area (Å²) in [6.07, 6.45) is 2.25. The molecule has 1 aliphatic heterocycles. The second-order valence-electron chi connectivity index (χ2n) is 5.61. The smallest absolute Gasteiger partial charge is 0.248 e. The van der Waals surface area contributed by atoms with Gasteiger partial charge in [-0.25, -0.2) is 0 Å². The number of rotatable bonds is 3. The highest BCUT2D eigenvalue weighted by Gasteiger charge is 2.37. The first-order valence-electron chi connectivity index (χ1n) is 7.82. The van der Waals surface area contributed by atoms with Gasteiger partial charge in [0.15, 0.2) is 5.78 Å². The quantitative estimate of drug-likeness (QED) is 0.934. The van der Waals surface area contributed by atoms with E-state index in [2.05, 4.69) is 20.8 Å². The van der Waals surface area contributed by atoms with Gasteiger partial charge in [0.25, 0.3) is 0 Å². The molecule has 1 atom stereocenters. The maximum atomic E-state index is 12.6. The highest BCUT2D eigenvalue weighted by Crippen LogP contribution is 2.41. The molecule has 1 N–H and O–H groups in total. The zero-order valence-electron chi connectivity index (χ0n) is 12.8. The summed E-state index contributed by atoms with van der Waals surface area (Å²) in [6.45, 7) is 2.50. The zero-order chi connectivity index (χ0) is 15.8. The molecule has 1 unspecified atom stereocenters. The van der Waals surface area contributed by atoms with Crippen LogP contribution in [0.4, 0.5) is 5.95 Å². The molecule has 1 aromatic carbocycles. The Morgan fingerprint density at radius 2 is 2.22 bits per heavy atom. The fourth-order valence-corrected chi connectivity index (χ4v) is 3.30. The number of fused-ring (bicyclic) bond motifs is 1. The van der Waals surface area contributed by atoms with Gasteiger partial charge in [-0.05, 0) is 36.3 Å². The van der Waals surface area contributed by atoms with E-state index in [1.165, 1.54) is 0 Å². The number of carbonyl (C=O) groups is 1. The van der Waals surface area contributed by atoms with Crippen molar-refractivity contribution in [2.45, 2.75) is 32.2 Å².